The van der Waals surface area contributed by atoms with Crippen molar-refractivity contribution >= 4 is 0 Å². The molecule has 16 heavy (non-hydrogen) atoms. The van der Waals surface area contributed by atoms with Gasteiger partial charge in [0.05, 0.1) is 5.60 Å². The van der Waals surface area contributed by atoms with E-state index in [1.54, 1.807) is 0 Å². The number of hydrogen-bond acceptors (Lipinski definition) is 2. The molecule has 94 valence electrons. The quantitative estimate of drug-likeness (QED) is 0.776. The van der Waals surface area contributed by atoms with Crippen molar-refractivity contribution in [2.24, 2.45) is 5.92 Å². The SMILES string of the molecule is CCC(CC)CNC1CCOC2(CCC2)C1. The van der Waals surface area contributed by atoms with E-state index in [2.05, 4.69) is 19.2 Å². The number of nitrogens with one attached hydrogen (secondary N) is 1. The van der Waals surface area contributed by atoms with Crippen LogP contribution in [0.5, 0.6) is 0 Å². The van der Waals surface area contributed by atoms with Crippen molar-refractivity contribution in [2.75, 3.05) is 13.2 Å². The smallest absolute Gasteiger partial charge is 0.0697 e. The molecule has 1 heterocycles. The van der Waals surface area contributed by atoms with Crippen LogP contribution in [0, 0.1) is 5.92 Å². The van der Waals surface area contributed by atoms with Gasteiger partial charge in [0, 0.05) is 12.6 Å². The topological polar surface area (TPSA) is 21.3 Å². The number of hydrogen-bond donors (Lipinski definition) is 1. The highest BCUT2D eigenvalue weighted by atomic mass is 16.5. The van der Waals surface area contributed by atoms with E-state index >= 15 is 0 Å². The highest BCUT2D eigenvalue weighted by Crippen LogP contribution is 2.42. The molecule has 0 radical (unpaired) electrons. The minimum atomic E-state index is 0.295. The van der Waals surface area contributed by atoms with Gasteiger partial charge in [0.25, 0.3) is 0 Å². The summed E-state index contributed by atoms with van der Waals surface area (Å²) in [5.74, 6) is 0.861. The molecule has 1 aliphatic heterocycles. The first kappa shape index (κ1) is 12.4. The van der Waals surface area contributed by atoms with Crippen molar-refractivity contribution in [3.05, 3.63) is 0 Å². The molecule has 1 N–H and O–H groups in total. The fraction of sp³-hybridized carbons (Fsp3) is 1.00. The average molecular weight is 225 g/mol. The van der Waals surface area contributed by atoms with Crippen molar-refractivity contribution in [1.82, 2.24) is 5.32 Å². The van der Waals surface area contributed by atoms with Crippen molar-refractivity contribution in [3.63, 3.8) is 0 Å². The van der Waals surface area contributed by atoms with Crippen LogP contribution in [0.2, 0.25) is 0 Å². The predicted octanol–water partition coefficient (Wildman–Crippen LogP) is 3.11. The molecule has 0 aromatic rings. The molecular weight excluding hydrogens is 198 g/mol. The van der Waals surface area contributed by atoms with Gasteiger partial charge < -0.3 is 10.1 Å². The molecule has 2 rings (SSSR count). The minimum Gasteiger partial charge on any atom is -0.375 e. The predicted molar refractivity (Wildman–Crippen MR) is 67.6 cm³/mol. The van der Waals surface area contributed by atoms with E-state index < -0.39 is 0 Å². The summed E-state index contributed by atoms with van der Waals surface area (Å²) < 4.78 is 5.95. The molecule has 2 heteroatoms. The zero-order valence-corrected chi connectivity index (χ0v) is 10.9. The van der Waals surface area contributed by atoms with Crippen LogP contribution in [0.25, 0.3) is 0 Å². The number of ether oxygens (including phenoxy) is 1. The summed E-state index contributed by atoms with van der Waals surface area (Å²) in [6.07, 6.45) is 9.05. The third kappa shape index (κ3) is 2.78. The molecule has 1 atom stereocenters. The van der Waals surface area contributed by atoms with E-state index in [4.69, 9.17) is 4.74 Å². The summed E-state index contributed by atoms with van der Waals surface area (Å²) in [4.78, 5) is 0. The molecule has 1 spiro atoms. The van der Waals surface area contributed by atoms with Gasteiger partial charge in [-0.2, -0.15) is 0 Å². The summed E-state index contributed by atoms with van der Waals surface area (Å²) in [6.45, 7) is 6.77. The zero-order chi connectivity index (χ0) is 11.4. The van der Waals surface area contributed by atoms with Crippen molar-refractivity contribution in [2.45, 2.75) is 70.4 Å². The second kappa shape index (κ2) is 5.50. The molecule has 2 fully saturated rings. The molecule has 1 aliphatic carbocycles. The normalized spacial score (nSPS) is 28.3. The lowest BCUT2D eigenvalue weighted by molar-refractivity contribution is -0.135. The largest absolute Gasteiger partial charge is 0.375 e. The Morgan fingerprint density at radius 2 is 2.06 bits per heavy atom. The maximum atomic E-state index is 5.95. The first-order chi connectivity index (χ1) is 7.78. The second-order valence-corrected chi connectivity index (χ2v) is 5.67. The van der Waals surface area contributed by atoms with Gasteiger partial charge in [0.15, 0.2) is 0 Å². The van der Waals surface area contributed by atoms with E-state index in [-0.39, 0.29) is 0 Å². The lowest BCUT2D eigenvalue weighted by Crippen LogP contribution is -2.51. The standard InChI is InChI=1S/C14H27NO/c1-3-12(4-2)11-15-13-6-9-16-14(10-13)7-5-8-14/h12-13,15H,3-11H2,1-2H3. The molecule has 0 aromatic heterocycles. The zero-order valence-electron chi connectivity index (χ0n) is 10.9. The molecule has 2 aliphatic rings. The third-order valence-electron chi connectivity index (χ3n) is 4.61. The van der Waals surface area contributed by atoms with Crippen LogP contribution in [0.1, 0.15) is 58.8 Å². The average Bonchev–Trinajstić information content (AvgIpc) is 2.29. The van der Waals surface area contributed by atoms with Gasteiger partial charge in [-0.1, -0.05) is 26.7 Å². The van der Waals surface area contributed by atoms with Crippen LogP contribution in [-0.4, -0.2) is 24.8 Å². The van der Waals surface area contributed by atoms with Crippen LogP contribution < -0.4 is 5.32 Å². The Bertz CT molecular complexity index is 209. The first-order valence-corrected chi connectivity index (χ1v) is 7.15. The van der Waals surface area contributed by atoms with E-state index in [0.29, 0.717) is 5.60 Å². The Balaban J connectivity index is 1.73. The Hall–Kier alpha value is -0.0800. The second-order valence-electron chi connectivity index (χ2n) is 5.67. The maximum absolute atomic E-state index is 5.95. The van der Waals surface area contributed by atoms with Gasteiger partial charge in [0.1, 0.15) is 0 Å². The highest BCUT2D eigenvalue weighted by Gasteiger charge is 2.42. The van der Waals surface area contributed by atoms with Crippen LogP contribution >= 0.6 is 0 Å². The van der Waals surface area contributed by atoms with Crippen LogP contribution in [-0.2, 0) is 4.74 Å². The molecular formula is C14H27NO. The molecule has 0 bridgehead atoms. The fourth-order valence-electron chi connectivity index (χ4n) is 3.03. The highest BCUT2D eigenvalue weighted by molar-refractivity contribution is 4.96. The Morgan fingerprint density at radius 3 is 2.62 bits per heavy atom. The van der Waals surface area contributed by atoms with Crippen molar-refractivity contribution in [1.29, 1.82) is 0 Å². The minimum absolute atomic E-state index is 0.295. The fourth-order valence-corrected chi connectivity index (χ4v) is 3.03. The number of rotatable bonds is 5. The van der Waals surface area contributed by atoms with E-state index in [1.165, 1.54) is 51.5 Å². The molecule has 2 nitrogen and oxygen atoms in total. The first-order valence-electron chi connectivity index (χ1n) is 7.15. The van der Waals surface area contributed by atoms with Crippen molar-refractivity contribution < 1.29 is 4.74 Å². The monoisotopic (exact) mass is 225 g/mol. The molecule has 0 aromatic carbocycles. The Kier molecular flexibility index (Phi) is 4.26. The van der Waals surface area contributed by atoms with Gasteiger partial charge >= 0.3 is 0 Å². The van der Waals surface area contributed by atoms with Gasteiger partial charge in [0.2, 0.25) is 0 Å². The van der Waals surface area contributed by atoms with E-state index in [0.717, 1.165) is 18.6 Å². The lowest BCUT2D eigenvalue weighted by Gasteiger charge is -2.47. The van der Waals surface area contributed by atoms with Crippen molar-refractivity contribution in [3.8, 4) is 0 Å². The molecule has 1 saturated heterocycles. The van der Waals surface area contributed by atoms with Gasteiger partial charge in [-0.15, -0.1) is 0 Å². The van der Waals surface area contributed by atoms with Gasteiger partial charge in [-0.25, -0.2) is 0 Å². The summed E-state index contributed by atoms with van der Waals surface area (Å²) in [6, 6.07) is 0.717. The molecule has 0 amide bonds. The Morgan fingerprint density at radius 1 is 1.31 bits per heavy atom. The summed E-state index contributed by atoms with van der Waals surface area (Å²) in [7, 11) is 0. The van der Waals surface area contributed by atoms with Gasteiger partial charge in [-0.05, 0) is 44.6 Å². The lowest BCUT2D eigenvalue weighted by atomic mass is 9.74. The van der Waals surface area contributed by atoms with Crippen LogP contribution in [0.3, 0.4) is 0 Å². The third-order valence-corrected chi connectivity index (χ3v) is 4.61. The van der Waals surface area contributed by atoms with E-state index in [1.807, 2.05) is 0 Å². The van der Waals surface area contributed by atoms with Crippen LogP contribution in [0.4, 0.5) is 0 Å². The van der Waals surface area contributed by atoms with Crippen LogP contribution in [0.15, 0.2) is 0 Å². The summed E-state index contributed by atoms with van der Waals surface area (Å²) in [5, 5.41) is 3.77. The summed E-state index contributed by atoms with van der Waals surface area (Å²) in [5.41, 5.74) is 0.295. The molecule has 1 saturated carbocycles. The Labute approximate surface area is 100 Å². The van der Waals surface area contributed by atoms with E-state index in [9.17, 15) is 0 Å². The summed E-state index contributed by atoms with van der Waals surface area (Å²) >= 11 is 0. The molecule has 1 unspecified atom stereocenters. The van der Waals surface area contributed by atoms with Gasteiger partial charge in [-0.3, -0.25) is 0 Å². The maximum Gasteiger partial charge on any atom is 0.0697 e.